The lowest BCUT2D eigenvalue weighted by Gasteiger charge is -2.23. The average Bonchev–Trinajstić information content (AvgIpc) is 2.59. The first-order valence-corrected chi connectivity index (χ1v) is 8.87. The van der Waals surface area contributed by atoms with Gasteiger partial charge < -0.3 is 21.5 Å². The zero-order valence-corrected chi connectivity index (χ0v) is 16.1. The van der Waals surface area contributed by atoms with E-state index in [1.54, 1.807) is 19.9 Å². The molecule has 0 spiro atoms. The zero-order chi connectivity index (χ0) is 19.6. The van der Waals surface area contributed by atoms with Crippen molar-refractivity contribution in [1.29, 1.82) is 0 Å². The summed E-state index contributed by atoms with van der Waals surface area (Å²) in [6.45, 7) is 5.74. The number of aliphatic hydroxyl groups is 1. The monoisotopic (exact) mass is 387 g/mol. The molecule has 0 aliphatic rings. The largest absolute Gasteiger partial charge is 0.389 e. The summed E-state index contributed by atoms with van der Waals surface area (Å²) in [5.74, 6) is 1.14. The van der Waals surface area contributed by atoms with Gasteiger partial charge in [0.05, 0.1) is 22.2 Å². The molecule has 27 heavy (non-hydrogen) atoms. The predicted octanol–water partition coefficient (Wildman–Crippen LogP) is 3.01. The van der Waals surface area contributed by atoms with E-state index in [1.165, 1.54) is 6.33 Å². The van der Waals surface area contributed by atoms with Crippen LogP contribution in [0.1, 0.15) is 32.4 Å². The Bertz CT molecular complexity index is 958. The van der Waals surface area contributed by atoms with E-state index in [9.17, 15) is 5.11 Å². The number of hydrogen-bond acceptors (Lipinski definition) is 8. The molecule has 3 rings (SSSR count). The SMILES string of the molecule is CC(Nc1ncnc(N)n1)c1cc2cccc(Cl)c2nc1NCC(C)(C)O. The van der Waals surface area contributed by atoms with Crippen molar-refractivity contribution >= 4 is 40.2 Å². The minimum atomic E-state index is -0.895. The molecule has 0 amide bonds. The van der Waals surface area contributed by atoms with Crippen LogP contribution in [0.4, 0.5) is 17.7 Å². The number of para-hydroxylation sites is 1. The fourth-order valence-corrected chi connectivity index (χ4v) is 2.82. The van der Waals surface area contributed by atoms with E-state index in [2.05, 4.69) is 30.6 Å². The lowest BCUT2D eigenvalue weighted by Crippen LogP contribution is -2.30. The average molecular weight is 388 g/mol. The first kappa shape index (κ1) is 19.1. The summed E-state index contributed by atoms with van der Waals surface area (Å²) in [5.41, 5.74) is 6.30. The first-order valence-electron chi connectivity index (χ1n) is 8.49. The maximum Gasteiger partial charge on any atom is 0.227 e. The second-order valence-electron chi connectivity index (χ2n) is 6.94. The molecular weight excluding hydrogens is 366 g/mol. The summed E-state index contributed by atoms with van der Waals surface area (Å²) < 4.78 is 0. The third kappa shape index (κ3) is 4.72. The molecule has 3 aromatic rings. The number of fused-ring (bicyclic) bond motifs is 1. The Balaban J connectivity index is 2.00. The number of nitrogens with two attached hydrogens (primary N) is 1. The maximum absolute atomic E-state index is 10.1. The van der Waals surface area contributed by atoms with Gasteiger partial charge >= 0.3 is 0 Å². The molecule has 1 aromatic carbocycles. The van der Waals surface area contributed by atoms with Crippen molar-refractivity contribution in [2.75, 3.05) is 22.9 Å². The van der Waals surface area contributed by atoms with Crippen molar-refractivity contribution in [3.05, 3.63) is 41.2 Å². The summed E-state index contributed by atoms with van der Waals surface area (Å²) in [7, 11) is 0. The molecule has 2 aromatic heterocycles. The van der Waals surface area contributed by atoms with Crippen LogP contribution in [0, 0.1) is 0 Å². The number of halogens is 1. The van der Waals surface area contributed by atoms with Crippen molar-refractivity contribution in [3.8, 4) is 0 Å². The predicted molar refractivity (Wildman–Crippen MR) is 108 cm³/mol. The van der Waals surface area contributed by atoms with E-state index in [4.69, 9.17) is 17.3 Å². The molecule has 9 heteroatoms. The molecule has 0 bridgehead atoms. The van der Waals surface area contributed by atoms with Crippen LogP contribution in [0.3, 0.4) is 0 Å². The van der Waals surface area contributed by atoms with E-state index < -0.39 is 5.60 Å². The van der Waals surface area contributed by atoms with Gasteiger partial charge in [0.2, 0.25) is 11.9 Å². The Morgan fingerprint density at radius 3 is 2.74 bits per heavy atom. The number of nitrogen functional groups attached to an aromatic ring is 1. The molecule has 0 aliphatic heterocycles. The fraction of sp³-hybridized carbons (Fsp3) is 0.333. The van der Waals surface area contributed by atoms with Crippen molar-refractivity contribution < 1.29 is 5.11 Å². The Kier molecular flexibility index (Phi) is 5.29. The van der Waals surface area contributed by atoms with Gasteiger partial charge in [-0.05, 0) is 32.9 Å². The quantitative estimate of drug-likeness (QED) is 0.509. The molecule has 0 saturated carbocycles. The smallest absolute Gasteiger partial charge is 0.227 e. The number of nitrogens with zero attached hydrogens (tertiary/aromatic N) is 4. The fourth-order valence-electron chi connectivity index (χ4n) is 2.60. The lowest BCUT2D eigenvalue weighted by molar-refractivity contribution is 0.0944. The molecule has 1 atom stereocenters. The third-order valence-corrected chi connectivity index (χ3v) is 4.22. The van der Waals surface area contributed by atoms with Crippen LogP contribution in [-0.4, -0.2) is 37.2 Å². The van der Waals surface area contributed by atoms with Gasteiger partial charge in [-0.1, -0.05) is 23.7 Å². The van der Waals surface area contributed by atoms with Crippen LogP contribution < -0.4 is 16.4 Å². The van der Waals surface area contributed by atoms with Gasteiger partial charge in [-0.3, -0.25) is 0 Å². The van der Waals surface area contributed by atoms with Crippen LogP contribution in [0.15, 0.2) is 30.6 Å². The van der Waals surface area contributed by atoms with E-state index in [0.29, 0.717) is 28.9 Å². The number of anilines is 3. The molecular formula is C18H22ClN7O. The van der Waals surface area contributed by atoms with Gasteiger partial charge in [0.25, 0.3) is 0 Å². The van der Waals surface area contributed by atoms with Crippen LogP contribution in [0.25, 0.3) is 10.9 Å². The first-order chi connectivity index (χ1) is 12.7. The minimum absolute atomic E-state index is 0.142. The van der Waals surface area contributed by atoms with Crippen LogP contribution in [0.5, 0.6) is 0 Å². The normalized spacial score (nSPS) is 12.8. The van der Waals surface area contributed by atoms with Gasteiger partial charge in [-0.2, -0.15) is 4.98 Å². The number of rotatable bonds is 6. The molecule has 0 radical (unpaired) electrons. The summed E-state index contributed by atoms with van der Waals surface area (Å²) in [5, 5.41) is 18.0. The molecule has 0 aliphatic carbocycles. The highest BCUT2D eigenvalue weighted by atomic mass is 35.5. The van der Waals surface area contributed by atoms with E-state index in [-0.39, 0.29) is 12.0 Å². The number of hydrogen-bond donors (Lipinski definition) is 4. The van der Waals surface area contributed by atoms with Crippen molar-refractivity contribution in [3.63, 3.8) is 0 Å². The number of nitrogens with one attached hydrogen (secondary N) is 2. The number of aromatic nitrogens is 4. The Labute approximate surface area is 162 Å². The highest BCUT2D eigenvalue weighted by Gasteiger charge is 2.19. The summed E-state index contributed by atoms with van der Waals surface area (Å²) >= 11 is 6.30. The highest BCUT2D eigenvalue weighted by Crippen LogP contribution is 2.30. The Hall–Kier alpha value is -2.71. The number of pyridine rings is 1. The topological polar surface area (TPSA) is 122 Å². The van der Waals surface area contributed by atoms with Gasteiger partial charge in [0, 0.05) is 17.5 Å². The van der Waals surface area contributed by atoms with Crippen molar-refractivity contribution in [1.82, 2.24) is 19.9 Å². The van der Waals surface area contributed by atoms with Gasteiger partial charge in [-0.15, -0.1) is 0 Å². The van der Waals surface area contributed by atoms with Crippen LogP contribution in [0.2, 0.25) is 5.02 Å². The molecule has 1 unspecified atom stereocenters. The van der Waals surface area contributed by atoms with Crippen molar-refractivity contribution in [2.24, 2.45) is 0 Å². The molecule has 0 saturated heterocycles. The maximum atomic E-state index is 10.1. The second-order valence-corrected chi connectivity index (χ2v) is 7.34. The third-order valence-electron chi connectivity index (χ3n) is 3.92. The lowest BCUT2D eigenvalue weighted by atomic mass is 10.1. The molecule has 8 nitrogen and oxygen atoms in total. The molecule has 0 fully saturated rings. The second kappa shape index (κ2) is 7.50. The standard InChI is InChI=1S/C18H22ClN7O/c1-10(24-17-23-9-22-16(20)26-17)12-7-11-5-4-6-13(19)14(11)25-15(12)21-8-18(2,3)27/h4-7,9-10,27H,8H2,1-3H3,(H,21,25)(H3,20,22,23,24,26). The van der Waals surface area contributed by atoms with Crippen molar-refractivity contribution in [2.45, 2.75) is 32.4 Å². The van der Waals surface area contributed by atoms with Gasteiger partial charge in [0.15, 0.2) is 0 Å². The van der Waals surface area contributed by atoms with E-state index >= 15 is 0 Å². The summed E-state index contributed by atoms with van der Waals surface area (Å²) in [6, 6.07) is 7.44. The van der Waals surface area contributed by atoms with Gasteiger partial charge in [-0.25, -0.2) is 15.0 Å². The summed E-state index contributed by atoms with van der Waals surface area (Å²) in [4.78, 5) is 16.6. The minimum Gasteiger partial charge on any atom is -0.389 e. The van der Waals surface area contributed by atoms with Crippen LogP contribution >= 0.6 is 11.6 Å². The van der Waals surface area contributed by atoms with E-state index in [0.717, 1.165) is 10.9 Å². The van der Waals surface area contributed by atoms with Gasteiger partial charge in [0.1, 0.15) is 12.1 Å². The van der Waals surface area contributed by atoms with Crippen LogP contribution in [-0.2, 0) is 0 Å². The molecule has 5 N–H and O–H groups in total. The molecule has 142 valence electrons. The highest BCUT2D eigenvalue weighted by molar-refractivity contribution is 6.35. The Morgan fingerprint density at radius 1 is 1.26 bits per heavy atom. The number of benzene rings is 1. The summed E-state index contributed by atoms with van der Waals surface area (Å²) in [6.07, 6.45) is 1.35. The molecule has 2 heterocycles. The Morgan fingerprint density at radius 2 is 2.04 bits per heavy atom. The van der Waals surface area contributed by atoms with E-state index in [1.807, 2.05) is 25.1 Å². The zero-order valence-electron chi connectivity index (χ0n) is 15.4.